The highest BCUT2D eigenvalue weighted by atomic mass is 16.2. The van der Waals surface area contributed by atoms with E-state index in [1.807, 2.05) is 6.92 Å². The number of nitrogens with one attached hydrogen (secondary N) is 1. The number of carbonyl (C=O) groups excluding carboxylic acids is 1. The van der Waals surface area contributed by atoms with Crippen molar-refractivity contribution in [2.45, 2.75) is 64.6 Å². The molecule has 0 aromatic rings. The van der Waals surface area contributed by atoms with Gasteiger partial charge in [-0.2, -0.15) is 0 Å². The second kappa shape index (κ2) is 5.83. The van der Waals surface area contributed by atoms with Gasteiger partial charge in [0.25, 0.3) is 0 Å². The number of amides is 1. The van der Waals surface area contributed by atoms with Crippen molar-refractivity contribution < 1.29 is 4.79 Å². The standard InChI is InChI=1S/C13H27N3O/c1-5-13(3,4)15-12(17)10(2)16(9-8-14)11-6-7-11/h10-11H,5-9,14H2,1-4H3,(H,15,17). The Morgan fingerprint density at radius 2 is 2.12 bits per heavy atom. The zero-order chi connectivity index (χ0) is 13.1. The smallest absolute Gasteiger partial charge is 0.237 e. The molecule has 0 aromatic carbocycles. The molecule has 17 heavy (non-hydrogen) atoms. The van der Waals surface area contributed by atoms with Crippen LogP contribution in [0.5, 0.6) is 0 Å². The van der Waals surface area contributed by atoms with Gasteiger partial charge in [0.05, 0.1) is 6.04 Å². The van der Waals surface area contributed by atoms with Crippen molar-refractivity contribution in [1.82, 2.24) is 10.2 Å². The summed E-state index contributed by atoms with van der Waals surface area (Å²) in [5.41, 5.74) is 5.49. The third-order valence-electron chi connectivity index (χ3n) is 3.63. The first-order valence-corrected chi connectivity index (χ1v) is 6.69. The van der Waals surface area contributed by atoms with Crippen LogP contribution in [0.15, 0.2) is 0 Å². The van der Waals surface area contributed by atoms with E-state index < -0.39 is 0 Å². The zero-order valence-corrected chi connectivity index (χ0v) is 11.6. The van der Waals surface area contributed by atoms with E-state index in [4.69, 9.17) is 5.73 Å². The van der Waals surface area contributed by atoms with Gasteiger partial charge in [0.1, 0.15) is 0 Å². The predicted molar refractivity (Wildman–Crippen MR) is 70.8 cm³/mol. The van der Waals surface area contributed by atoms with Crippen molar-refractivity contribution in [2.24, 2.45) is 5.73 Å². The summed E-state index contributed by atoms with van der Waals surface area (Å²) in [5, 5.41) is 3.11. The number of nitrogens with two attached hydrogens (primary N) is 1. The van der Waals surface area contributed by atoms with Gasteiger partial charge in [-0.1, -0.05) is 6.92 Å². The Balaban J connectivity index is 2.54. The SMILES string of the molecule is CCC(C)(C)NC(=O)C(C)N(CCN)C1CC1. The summed E-state index contributed by atoms with van der Waals surface area (Å²) in [6.07, 6.45) is 3.34. The fraction of sp³-hybridized carbons (Fsp3) is 0.923. The van der Waals surface area contributed by atoms with Crippen LogP contribution in [0.4, 0.5) is 0 Å². The fourth-order valence-electron chi connectivity index (χ4n) is 1.92. The first kappa shape index (κ1) is 14.5. The molecule has 1 aliphatic carbocycles. The summed E-state index contributed by atoms with van der Waals surface area (Å²) in [4.78, 5) is 14.4. The minimum atomic E-state index is -0.122. The summed E-state index contributed by atoms with van der Waals surface area (Å²) >= 11 is 0. The molecule has 1 unspecified atom stereocenters. The molecule has 1 amide bonds. The van der Waals surface area contributed by atoms with E-state index in [0.29, 0.717) is 12.6 Å². The number of hydrogen-bond acceptors (Lipinski definition) is 3. The summed E-state index contributed by atoms with van der Waals surface area (Å²) < 4.78 is 0. The molecule has 0 radical (unpaired) electrons. The third-order valence-corrected chi connectivity index (χ3v) is 3.63. The van der Waals surface area contributed by atoms with Gasteiger partial charge in [0.2, 0.25) is 5.91 Å². The predicted octanol–water partition coefficient (Wildman–Crippen LogP) is 1.10. The summed E-state index contributed by atoms with van der Waals surface area (Å²) in [5.74, 6) is 0.122. The quantitative estimate of drug-likeness (QED) is 0.702. The van der Waals surface area contributed by atoms with E-state index in [0.717, 1.165) is 13.0 Å². The monoisotopic (exact) mass is 241 g/mol. The Morgan fingerprint density at radius 3 is 2.53 bits per heavy atom. The van der Waals surface area contributed by atoms with Gasteiger partial charge in [-0.15, -0.1) is 0 Å². The summed E-state index contributed by atoms with van der Waals surface area (Å²) in [7, 11) is 0. The molecular formula is C13H27N3O. The fourth-order valence-corrected chi connectivity index (χ4v) is 1.92. The van der Waals surface area contributed by atoms with Gasteiger partial charge in [0, 0.05) is 24.7 Å². The molecule has 0 aliphatic heterocycles. The molecule has 1 rings (SSSR count). The van der Waals surface area contributed by atoms with Gasteiger partial charge in [-0.25, -0.2) is 0 Å². The van der Waals surface area contributed by atoms with Crippen LogP contribution in [0.2, 0.25) is 0 Å². The van der Waals surface area contributed by atoms with Gasteiger partial charge in [-0.3, -0.25) is 9.69 Å². The molecular weight excluding hydrogens is 214 g/mol. The summed E-state index contributed by atoms with van der Waals surface area (Å²) in [6, 6.07) is 0.501. The molecule has 100 valence electrons. The van der Waals surface area contributed by atoms with Crippen LogP contribution >= 0.6 is 0 Å². The first-order chi connectivity index (χ1) is 7.91. The third kappa shape index (κ3) is 4.28. The largest absolute Gasteiger partial charge is 0.350 e. The lowest BCUT2D eigenvalue weighted by Crippen LogP contribution is -2.53. The van der Waals surface area contributed by atoms with E-state index >= 15 is 0 Å². The minimum Gasteiger partial charge on any atom is -0.350 e. The minimum absolute atomic E-state index is 0.0723. The van der Waals surface area contributed by atoms with Crippen LogP contribution in [0, 0.1) is 0 Å². The average Bonchev–Trinajstić information content (AvgIpc) is 3.08. The summed E-state index contributed by atoms with van der Waals surface area (Å²) in [6.45, 7) is 9.61. The highest BCUT2D eigenvalue weighted by molar-refractivity contribution is 5.82. The Hall–Kier alpha value is -0.610. The average molecular weight is 241 g/mol. The zero-order valence-electron chi connectivity index (χ0n) is 11.6. The Labute approximate surface area is 105 Å². The Morgan fingerprint density at radius 1 is 1.53 bits per heavy atom. The van der Waals surface area contributed by atoms with Gasteiger partial charge in [-0.05, 0) is 40.0 Å². The normalized spacial score (nSPS) is 18.2. The van der Waals surface area contributed by atoms with Crippen molar-refractivity contribution in [3.63, 3.8) is 0 Å². The number of carbonyl (C=O) groups is 1. The molecule has 0 aromatic heterocycles. The van der Waals surface area contributed by atoms with Crippen LogP contribution in [0.25, 0.3) is 0 Å². The molecule has 1 atom stereocenters. The van der Waals surface area contributed by atoms with Gasteiger partial charge >= 0.3 is 0 Å². The second-order valence-corrected chi connectivity index (χ2v) is 5.66. The van der Waals surface area contributed by atoms with Crippen molar-refractivity contribution in [3.8, 4) is 0 Å². The molecule has 0 saturated heterocycles. The van der Waals surface area contributed by atoms with E-state index in [1.54, 1.807) is 0 Å². The van der Waals surface area contributed by atoms with E-state index in [-0.39, 0.29) is 17.5 Å². The molecule has 0 spiro atoms. The lowest BCUT2D eigenvalue weighted by molar-refractivity contribution is -0.127. The van der Waals surface area contributed by atoms with Crippen LogP contribution < -0.4 is 11.1 Å². The molecule has 1 fully saturated rings. The topological polar surface area (TPSA) is 58.4 Å². The van der Waals surface area contributed by atoms with Crippen molar-refractivity contribution >= 4 is 5.91 Å². The molecule has 1 aliphatic rings. The van der Waals surface area contributed by atoms with Gasteiger partial charge in [0.15, 0.2) is 0 Å². The molecule has 4 nitrogen and oxygen atoms in total. The first-order valence-electron chi connectivity index (χ1n) is 6.69. The lowest BCUT2D eigenvalue weighted by Gasteiger charge is -2.32. The molecule has 4 heteroatoms. The van der Waals surface area contributed by atoms with E-state index in [2.05, 4.69) is 31.0 Å². The van der Waals surface area contributed by atoms with Crippen molar-refractivity contribution in [1.29, 1.82) is 0 Å². The Kier molecular flexibility index (Phi) is 4.95. The van der Waals surface area contributed by atoms with Crippen molar-refractivity contribution in [3.05, 3.63) is 0 Å². The highest BCUT2D eigenvalue weighted by Crippen LogP contribution is 2.28. The molecule has 0 bridgehead atoms. The van der Waals surface area contributed by atoms with Crippen LogP contribution in [0.1, 0.15) is 47.0 Å². The van der Waals surface area contributed by atoms with Gasteiger partial charge < -0.3 is 11.1 Å². The number of rotatable bonds is 7. The van der Waals surface area contributed by atoms with Crippen LogP contribution in [-0.4, -0.2) is 41.5 Å². The van der Waals surface area contributed by atoms with E-state index in [1.165, 1.54) is 12.8 Å². The van der Waals surface area contributed by atoms with Crippen LogP contribution in [-0.2, 0) is 4.79 Å². The highest BCUT2D eigenvalue weighted by Gasteiger charge is 2.35. The van der Waals surface area contributed by atoms with Crippen molar-refractivity contribution in [2.75, 3.05) is 13.1 Å². The maximum Gasteiger partial charge on any atom is 0.237 e. The molecule has 3 N–H and O–H groups in total. The second-order valence-electron chi connectivity index (χ2n) is 5.66. The lowest BCUT2D eigenvalue weighted by atomic mass is 10.0. The Bertz CT molecular complexity index is 261. The number of nitrogens with zero attached hydrogens (tertiary/aromatic N) is 1. The number of hydrogen-bond donors (Lipinski definition) is 2. The van der Waals surface area contributed by atoms with E-state index in [9.17, 15) is 4.79 Å². The molecule has 0 heterocycles. The molecule has 1 saturated carbocycles. The maximum absolute atomic E-state index is 12.2. The van der Waals surface area contributed by atoms with Crippen LogP contribution in [0.3, 0.4) is 0 Å². The maximum atomic E-state index is 12.2.